The molecule has 0 aliphatic carbocycles. The average Bonchev–Trinajstić information content (AvgIpc) is 2.93. The van der Waals surface area contributed by atoms with Gasteiger partial charge in [-0.2, -0.15) is 0 Å². The molecule has 1 fully saturated rings. The standard InChI is InChI=1S/C10H10N2.C6H13N2.2ClH.Pt/c1-11-7-8-12(9-11)10-5-3-2-4-6-10;1-8-4-2-6(7)3-5-8;;;/h2-8H,1H3;6-7H,2-5H2,1H3;2*1H;/q;-1;;;+3/p-2. The molecule has 23 heavy (non-hydrogen) atoms. The van der Waals surface area contributed by atoms with Crippen LogP contribution in [-0.4, -0.2) is 40.2 Å². The van der Waals surface area contributed by atoms with Gasteiger partial charge < -0.3 is 0 Å². The first-order chi connectivity index (χ1) is 11.0. The average molecular weight is 537 g/mol. The van der Waals surface area contributed by atoms with E-state index in [0.717, 1.165) is 35.4 Å². The van der Waals surface area contributed by atoms with Crippen LogP contribution >= 0.6 is 18.8 Å². The van der Waals surface area contributed by atoms with E-state index in [2.05, 4.69) is 32.5 Å². The molecule has 7 heteroatoms. The molecule has 0 atom stereocenters. The Kier molecular flexibility index (Phi) is 5.49. The molecule has 0 bridgehead atoms. The first-order valence-corrected chi connectivity index (χ1v) is 15.5. The summed E-state index contributed by atoms with van der Waals surface area (Å²) >= 11 is -3.31. The van der Waals surface area contributed by atoms with Crippen molar-refractivity contribution >= 4 is 18.8 Å². The van der Waals surface area contributed by atoms with Gasteiger partial charge in [-0.15, -0.1) is 0 Å². The minimum absolute atomic E-state index is 0.400. The number of aromatic nitrogens is 2. The maximum absolute atomic E-state index is 6.91. The van der Waals surface area contributed by atoms with E-state index >= 15 is 0 Å². The van der Waals surface area contributed by atoms with Crippen LogP contribution in [0.5, 0.6) is 0 Å². The number of benzene rings is 1. The molecule has 4 nitrogen and oxygen atoms in total. The molecule has 1 aromatic carbocycles. The van der Waals surface area contributed by atoms with Crippen LogP contribution in [0.1, 0.15) is 12.8 Å². The summed E-state index contributed by atoms with van der Waals surface area (Å²) in [5.41, 5.74) is 1.09. The molecular formula is C16H23Cl2N4Pt. The Bertz CT molecular complexity index is 739. The fourth-order valence-electron chi connectivity index (χ4n) is 2.76. The molecule has 1 aliphatic rings. The molecular weight excluding hydrogens is 514 g/mol. The van der Waals surface area contributed by atoms with E-state index in [-0.39, 0.29) is 0 Å². The number of hydrogen-bond acceptors (Lipinski definition) is 2. The first-order valence-electron chi connectivity index (χ1n) is 7.62. The van der Waals surface area contributed by atoms with Gasteiger partial charge in [0, 0.05) is 0 Å². The number of para-hydroxylation sites is 1. The summed E-state index contributed by atoms with van der Waals surface area (Å²) < 4.78 is 8.76. The Hall–Kier alpha value is -0.382. The predicted molar refractivity (Wildman–Crippen MR) is 93.3 cm³/mol. The molecule has 131 valence electrons. The third-order valence-electron chi connectivity index (χ3n) is 4.07. The van der Waals surface area contributed by atoms with Crippen molar-refractivity contribution in [1.29, 1.82) is 0 Å². The van der Waals surface area contributed by atoms with Crippen LogP contribution in [0.25, 0.3) is 5.69 Å². The fraction of sp³-hybridized carbons (Fsp3) is 0.438. The monoisotopic (exact) mass is 536 g/mol. The molecule has 1 N–H and O–H groups in total. The molecule has 0 saturated carbocycles. The van der Waals surface area contributed by atoms with E-state index in [1.165, 1.54) is 0 Å². The molecule has 3 rings (SSSR count). The fourth-order valence-corrected chi connectivity index (χ4v) is 11.1. The zero-order valence-corrected chi connectivity index (χ0v) is 17.1. The number of halogens is 2. The van der Waals surface area contributed by atoms with Crippen LogP contribution in [0, 0.1) is 3.80 Å². The van der Waals surface area contributed by atoms with Gasteiger partial charge in [0.15, 0.2) is 0 Å². The zero-order chi connectivity index (χ0) is 16.4. The molecule has 2 aromatic rings. The van der Waals surface area contributed by atoms with Crippen molar-refractivity contribution in [2.24, 2.45) is 7.05 Å². The third-order valence-corrected chi connectivity index (χ3v) is 11.3. The van der Waals surface area contributed by atoms with Crippen molar-refractivity contribution in [3.8, 4) is 5.69 Å². The summed E-state index contributed by atoms with van der Waals surface area (Å²) in [6, 6.07) is 10.6. The van der Waals surface area contributed by atoms with Crippen LogP contribution in [-0.2, 0) is 20.8 Å². The van der Waals surface area contributed by atoms with Gasteiger partial charge in [0.2, 0.25) is 0 Å². The van der Waals surface area contributed by atoms with Crippen LogP contribution in [0.2, 0.25) is 0 Å². The zero-order valence-electron chi connectivity index (χ0n) is 13.4. The van der Waals surface area contributed by atoms with Crippen molar-refractivity contribution in [1.82, 2.24) is 17.9 Å². The van der Waals surface area contributed by atoms with Gasteiger partial charge in [0.25, 0.3) is 0 Å². The second kappa shape index (κ2) is 7.24. The summed E-state index contributed by atoms with van der Waals surface area (Å²) in [5.74, 6) is 0. The van der Waals surface area contributed by atoms with Crippen molar-refractivity contribution in [3.05, 3.63) is 46.5 Å². The number of rotatable bonds is 3. The van der Waals surface area contributed by atoms with Crippen LogP contribution < -0.4 is 3.88 Å². The molecule has 1 saturated heterocycles. The van der Waals surface area contributed by atoms with Gasteiger partial charge in [-0.3, -0.25) is 0 Å². The molecule has 0 unspecified atom stereocenters. The molecule has 0 radical (unpaired) electrons. The van der Waals surface area contributed by atoms with Crippen molar-refractivity contribution in [2.75, 3.05) is 20.1 Å². The van der Waals surface area contributed by atoms with Gasteiger partial charge in [0.1, 0.15) is 0 Å². The minimum atomic E-state index is -3.31. The summed E-state index contributed by atoms with van der Waals surface area (Å²) in [7, 11) is 18.0. The topological polar surface area (TPSA) is 25.1 Å². The van der Waals surface area contributed by atoms with Crippen molar-refractivity contribution < 1.29 is 13.8 Å². The Morgan fingerprint density at radius 2 is 1.70 bits per heavy atom. The second-order valence-electron chi connectivity index (χ2n) is 5.89. The SMILES string of the molecule is CN1CCC([NH][Pt]([Cl])([Cl])=[c]2n(C)ccn2-c2ccccc2)CC1. The van der Waals surface area contributed by atoms with Gasteiger partial charge in [0.05, 0.1) is 0 Å². The van der Waals surface area contributed by atoms with Gasteiger partial charge in [-0.05, 0) is 0 Å². The van der Waals surface area contributed by atoms with Crippen LogP contribution in [0.15, 0.2) is 42.7 Å². The van der Waals surface area contributed by atoms with Crippen molar-refractivity contribution in [2.45, 2.75) is 18.9 Å². The summed E-state index contributed by atoms with van der Waals surface area (Å²) in [6.45, 7) is 2.18. The Labute approximate surface area is 148 Å². The van der Waals surface area contributed by atoms with Crippen LogP contribution in [0.3, 0.4) is 0 Å². The van der Waals surface area contributed by atoms with E-state index in [1.807, 2.05) is 42.2 Å². The normalized spacial score (nSPS) is 18.3. The Morgan fingerprint density at radius 3 is 2.35 bits per heavy atom. The molecule has 0 amide bonds. The molecule has 2 heterocycles. The van der Waals surface area contributed by atoms with Gasteiger partial charge in [-0.25, -0.2) is 0 Å². The second-order valence-corrected chi connectivity index (χ2v) is 17.0. The third kappa shape index (κ3) is 4.00. The number of piperidine rings is 1. The van der Waals surface area contributed by atoms with E-state index in [4.69, 9.17) is 18.8 Å². The Morgan fingerprint density at radius 1 is 1.04 bits per heavy atom. The number of likely N-dealkylation sites (tertiary alicyclic amines) is 1. The quantitative estimate of drug-likeness (QED) is 0.650. The van der Waals surface area contributed by atoms with E-state index < -0.39 is 13.8 Å². The first kappa shape index (κ1) is 17.4. The number of aryl methyl sites for hydroxylation is 1. The molecule has 1 aliphatic heterocycles. The Balaban J connectivity index is 2.01. The van der Waals surface area contributed by atoms with E-state index in [1.54, 1.807) is 0 Å². The molecule has 1 aromatic heterocycles. The van der Waals surface area contributed by atoms with Crippen LogP contribution in [0.4, 0.5) is 0 Å². The molecule has 0 spiro atoms. The number of hydrogen-bond donors (Lipinski definition) is 1. The maximum atomic E-state index is 6.91. The van der Waals surface area contributed by atoms with E-state index in [0.29, 0.717) is 6.04 Å². The summed E-state index contributed by atoms with van der Waals surface area (Å²) in [5, 5.41) is 0. The number of nitrogens with one attached hydrogen (secondary N) is 1. The predicted octanol–water partition coefficient (Wildman–Crippen LogP) is 3.41. The van der Waals surface area contributed by atoms with Gasteiger partial charge >= 0.3 is 149 Å². The summed E-state index contributed by atoms with van der Waals surface area (Å²) in [4.78, 5) is 2.35. The number of nitrogens with zero attached hydrogens (tertiary/aromatic N) is 3. The van der Waals surface area contributed by atoms with Gasteiger partial charge in [-0.1, -0.05) is 0 Å². The summed E-state index contributed by atoms with van der Waals surface area (Å²) in [6.07, 6.45) is 6.24. The van der Waals surface area contributed by atoms with E-state index in [9.17, 15) is 0 Å². The van der Waals surface area contributed by atoms with Crippen molar-refractivity contribution in [3.63, 3.8) is 0 Å². The number of imidazole rings is 1.